The number of nitrogens with zero attached hydrogens (tertiary/aromatic N) is 1. The molecule has 0 radical (unpaired) electrons. The van der Waals surface area contributed by atoms with Crippen LogP contribution in [-0.4, -0.2) is 47.9 Å². The molecule has 5 rings (SSSR count). The minimum absolute atomic E-state index is 0.0253. The number of anilines is 2. The Hall–Kier alpha value is -4.41. The zero-order valence-electron chi connectivity index (χ0n) is 21.7. The van der Waals surface area contributed by atoms with Crippen LogP contribution in [0.25, 0.3) is 0 Å². The Morgan fingerprint density at radius 3 is 1.97 bits per heavy atom. The number of benzene rings is 3. The summed E-state index contributed by atoms with van der Waals surface area (Å²) in [6.45, 7) is 1.23. The maximum absolute atomic E-state index is 13.0. The van der Waals surface area contributed by atoms with Crippen molar-refractivity contribution in [3.8, 4) is 11.8 Å². The van der Waals surface area contributed by atoms with Gasteiger partial charge in [-0.15, -0.1) is 0 Å². The Labute approximate surface area is 228 Å². The van der Waals surface area contributed by atoms with Crippen LogP contribution in [0.1, 0.15) is 42.4 Å². The Morgan fingerprint density at radius 1 is 0.769 bits per heavy atom. The molecule has 2 aliphatic heterocycles. The van der Waals surface area contributed by atoms with Gasteiger partial charge in [0, 0.05) is 35.7 Å². The van der Waals surface area contributed by atoms with E-state index in [-0.39, 0.29) is 23.8 Å². The fourth-order valence-corrected chi connectivity index (χ4v) is 4.86. The molecule has 2 saturated heterocycles. The lowest BCUT2D eigenvalue weighted by Crippen LogP contribution is -2.43. The molecule has 0 aliphatic carbocycles. The van der Waals surface area contributed by atoms with Crippen LogP contribution in [0.3, 0.4) is 0 Å². The maximum Gasteiger partial charge on any atom is 0.253 e. The van der Waals surface area contributed by atoms with E-state index < -0.39 is 6.04 Å². The van der Waals surface area contributed by atoms with Gasteiger partial charge in [0.25, 0.3) is 5.91 Å². The van der Waals surface area contributed by atoms with Crippen LogP contribution in [0, 0.1) is 11.8 Å². The third kappa shape index (κ3) is 6.92. The summed E-state index contributed by atoms with van der Waals surface area (Å²) in [6.07, 6.45) is 3.07. The van der Waals surface area contributed by atoms with Crippen molar-refractivity contribution < 1.29 is 19.1 Å². The van der Waals surface area contributed by atoms with Gasteiger partial charge in [-0.2, -0.15) is 0 Å². The highest BCUT2D eigenvalue weighted by Crippen LogP contribution is 2.21. The van der Waals surface area contributed by atoms with E-state index >= 15 is 0 Å². The summed E-state index contributed by atoms with van der Waals surface area (Å²) in [5.41, 5.74) is 3.96. The van der Waals surface area contributed by atoms with Crippen molar-refractivity contribution in [3.05, 3.63) is 95.6 Å². The highest BCUT2D eigenvalue weighted by molar-refractivity contribution is 5.98. The Bertz CT molecular complexity index is 1370. The molecule has 0 aromatic heterocycles. The predicted molar refractivity (Wildman–Crippen MR) is 150 cm³/mol. The lowest BCUT2D eigenvalue weighted by molar-refractivity contribution is -0.136. The van der Waals surface area contributed by atoms with Gasteiger partial charge >= 0.3 is 0 Å². The summed E-state index contributed by atoms with van der Waals surface area (Å²) in [6, 6.07) is 23.9. The molecule has 2 N–H and O–H groups in total. The van der Waals surface area contributed by atoms with Gasteiger partial charge in [-0.3, -0.25) is 14.4 Å². The van der Waals surface area contributed by atoms with Gasteiger partial charge in [0.05, 0.1) is 6.42 Å². The van der Waals surface area contributed by atoms with Crippen molar-refractivity contribution in [2.45, 2.75) is 44.2 Å². The highest BCUT2D eigenvalue weighted by Gasteiger charge is 2.34. The zero-order valence-corrected chi connectivity index (χ0v) is 21.7. The van der Waals surface area contributed by atoms with E-state index in [0.29, 0.717) is 37.4 Å². The Balaban J connectivity index is 1.14. The molecule has 3 aromatic carbocycles. The standard InChI is InChI=1S/C32H31N3O4/c36-30(22-25-6-2-1-3-7-25)35-20-4-8-28(35)31(37)33-26-16-12-23(13-17-26)10-11-24-14-18-27(19-15-24)34-32(38)29-9-5-21-39-29/h1-3,6-7,12-19,28-29H,4-5,8-9,20-22H2,(H,33,37)(H,34,38)/t28-,29+/m0/s1. The Morgan fingerprint density at radius 2 is 1.38 bits per heavy atom. The second-order valence-corrected chi connectivity index (χ2v) is 9.79. The zero-order chi connectivity index (χ0) is 27.0. The number of carbonyl (C=O) groups excluding carboxylic acids is 3. The van der Waals surface area contributed by atoms with Crippen molar-refractivity contribution in [1.82, 2.24) is 4.90 Å². The van der Waals surface area contributed by atoms with Crippen LogP contribution in [0.5, 0.6) is 0 Å². The second-order valence-electron chi connectivity index (χ2n) is 9.79. The number of ether oxygens (including phenoxy) is 1. The van der Waals surface area contributed by atoms with Crippen LogP contribution in [-0.2, 0) is 25.5 Å². The molecule has 0 unspecified atom stereocenters. The fraction of sp³-hybridized carbons (Fsp3) is 0.281. The maximum atomic E-state index is 13.0. The van der Waals surface area contributed by atoms with Crippen molar-refractivity contribution >= 4 is 29.1 Å². The van der Waals surface area contributed by atoms with Crippen molar-refractivity contribution in [2.24, 2.45) is 0 Å². The first-order valence-electron chi connectivity index (χ1n) is 13.3. The molecule has 39 heavy (non-hydrogen) atoms. The first kappa shape index (κ1) is 26.2. The topological polar surface area (TPSA) is 87.7 Å². The van der Waals surface area contributed by atoms with Crippen LogP contribution < -0.4 is 10.6 Å². The largest absolute Gasteiger partial charge is 0.368 e. The summed E-state index contributed by atoms with van der Waals surface area (Å²) in [4.78, 5) is 39.7. The molecule has 2 atom stereocenters. The van der Waals surface area contributed by atoms with E-state index in [4.69, 9.17) is 4.74 Å². The molecular formula is C32H31N3O4. The van der Waals surface area contributed by atoms with E-state index in [0.717, 1.165) is 36.0 Å². The number of rotatable bonds is 6. The number of likely N-dealkylation sites (tertiary alicyclic amines) is 1. The molecule has 0 saturated carbocycles. The van der Waals surface area contributed by atoms with Crippen LogP contribution in [0.15, 0.2) is 78.9 Å². The smallest absolute Gasteiger partial charge is 0.253 e. The highest BCUT2D eigenvalue weighted by atomic mass is 16.5. The normalized spacial score (nSPS) is 18.2. The lowest BCUT2D eigenvalue weighted by atomic mass is 10.1. The molecule has 0 spiro atoms. The van der Waals surface area contributed by atoms with Gasteiger partial charge in [-0.05, 0) is 79.8 Å². The summed E-state index contributed by atoms with van der Waals surface area (Å²) >= 11 is 0. The van der Waals surface area contributed by atoms with Crippen molar-refractivity contribution in [3.63, 3.8) is 0 Å². The molecule has 2 fully saturated rings. The monoisotopic (exact) mass is 521 g/mol. The number of nitrogens with one attached hydrogen (secondary N) is 2. The van der Waals surface area contributed by atoms with E-state index in [9.17, 15) is 14.4 Å². The average molecular weight is 522 g/mol. The molecule has 0 bridgehead atoms. The first-order valence-corrected chi connectivity index (χ1v) is 13.3. The van der Waals surface area contributed by atoms with E-state index in [1.165, 1.54) is 0 Å². The lowest BCUT2D eigenvalue weighted by Gasteiger charge is -2.24. The van der Waals surface area contributed by atoms with Gasteiger partial charge in [0.15, 0.2) is 0 Å². The van der Waals surface area contributed by atoms with Crippen molar-refractivity contribution in [1.29, 1.82) is 0 Å². The van der Waals surface area contributed by atoms with Gasteiger partial charge in [-0.1, -0.05) is 42.2 Å². The van der Waals surface area contributed by atoms with Crippen LogP contribution in [0.2, 0.25) is 0 Å². The minimum atomic E-state index is -0.459. The van der Waals surface area contributed by atoms with Gasteiger partial charge in [0.1, 0.15) is 12.1 Å². The summed E-state index contributed by atoms with van der Waals surface area (Å²) in [7, 11) is 0. The number of hydrogen-bond acceptors (Lipinski definition) is 4. The number of amides is 3. The molecule has 7 nitrogen and oxygen atoms in total. The van der Waals surface area contributed by atoms with Gasteiger partial charge in [-0.25, -0.2) is 0 Å². The molecule has 3 amide bonds. The number of carbonyl (C=O) groups is 3. The van der Waals surface area contributed by atoms with Gasteiger partial charge in [0.2, 0.25) is 11.8 Å². The Kier molecular flexibility index (Phi) is 8.35. The van der Waals surface area contributed by atoms with Crippen LogP contribution >= 0.6 is 0 Å². The molecule has 7 heteroatoms. The minimum Gasteiger partial charge on any atom is -0.368 e. The third-order valence-corrected chi connectivity index (χ3v) is 6.95. The predicted octanol–water partition coefficient (Wildman–Crippen LogP) is 4.38. The van der Waals surface area contributed by atoms with Gasteiger partial charge < -0.3 is 20.3 Å². The van der Waals surface area contributed by atoms with Crippen LogP contribution in [0.4, 0.5) is 11.4 Å². The summed E-state index contributed by atoms with van der Waals surface area (Å²) in [5.74, 6) is 5.94. The second kappa shape index (κ2) is 12.4. The number of hydrogen-bond donors (Lipinski definition) is 2. The SMILES string of the molecule is O=C(Nc1ccc(C#Cc2ccc(NC(=O)[C@@H]3CCCN3C(=O)Cc3ccccc3)cc2)cc1)[C@H]1CCCO1. The quantitative estimate of drug-likeness (QED) is 0.472. The summed E-state index contributed by atoms with van der Waals surface area (Å²) in [5, 5.41) is 5.83. The van der Waals surface area contributed by atoms with E-state index in [2.05, 4.69) is 22.5 Å². The molecular weight excluding hydrogens is 490 g/mol. The molecule has 2 heterocycles. The molecule has 2 aliphatic rings. The first-order chi connectivity index (χ1) is 19.0. The van der Waals surface area contributed by atoms with E-state index in [1.807, 2.05) is 78.9 Å². The van der Waals surface area contributed by atoms with Crippen molar-refractivity contribution in [2.75, 3.05) is 23.8 Å². The molecule has 198 valence electrons. The average Bonchev–Trinajstić information content (AvgIpc) is 3.67. The third-order valence-electron chi connectivity index (χ3n) is 6.95. The molecule has 3 aromatic rings. The summed E-state index contributed by atoms with van der Waals surface area (Å²) < 4.78 is 5.41. The van der Waals surface area contributed by atoms with E-state index in [1.54, 1.807) is 4.90 Å². The fourth-order valence-electron chi connectivity index (χ4n) is 4.86.